The van der Waals surface area contributed by atoms with Crippen molar-refractivity contribution in [2.45, 2.75) is 32.9 Å². The predicted octanol–water partition coefficient (Wildman–Crippen LogP) is 5.85. The molecule has 12 heteroatoms. The molecule has 1 aromatic heterocycles. The second-order valence-corrected chi connectivity index (χ2v) is 10.4. The first kappa shape index (κ1) is 31.6. The monoisotopic (exact) mass is 613 g/mol. The lowest BCUT2D eigenvalue weighted by Crippen LogP contribution is -2.34. The molecule has 8 nitrogen and oxygen atoms in total. The van der Waals surface area contributed by atoms with E-state index in [-0.39, 0.29) is 47.2 Å². The Morgan fingerprint density at radius 2 is 1.70 bits per heavy atom. The van der Waals surface area contributed by atoms with E-state index in [4.69, 9.17) is 9.47 Å². The Morgan fingerprint density at radius 3 is 2.35 bits per heavy atom. The van der Waals surface area contributed by atoms with Crippen molar-refractivity contribution >= 4 is 29.5 Å². The van der Waals surface area contributed by atoms with E-state index in [2.05, 4.69) is 10.3 Å². The molecule has 0 aliphatic carbocycles. The van der Waals surface area contributed by atoms with Crippen LogP contribution in [0.3, 0.4) is 0 Å². The van der Waals surface area contributed by atoms with E-state index < -0.39 is 29.6 Å². The standard InChI is InChI=1S/C31H30F3N3O5S/c1-4-41-29(39)26-19(3)36-23(16-43-17-25(38)22-11-6-7-12-24(22)37-14-13-35-18-37)28(30(40)42-5-2)27(26)20-9-8-10-21(15-20)31(32,33)34/h6-15,18,27,36H,4-5,16-17H2,1-3H3. The number of nitrogens with zero attached hydrogens (tertiary/aromatic N) is 2. The third-order valence-electron chi connectivity index (χ3n) is 6.65. The van der Waals surface area contributed by atoms with Gasteiger partial charge in [0.05, 0.1) is 53.6 Å². The average molecular weight is 614 g/mol. The lowest BCUT2D eigenvalue weighted by molar-refractivity contribution is -0.139. The van der Waals surface area contributed by atoms with E-state index in [9.17, 15) is 27.6 Å². The maximum absolute atomic E-state index is 13.7. The fourth-order valence-electron chi connectivity index (χ4n) is 4.83. The Bertz CT molecular complexity index is 1560. The molecule has 0 saturated carbocycles. The van der Waals surface area contributed by atoms with Crippen LogP contribution in [0.15, 0.2) is 89.8 Å². The van der Waals surface area contributed by atoms with Crippen LogP contribution in [0.5, 0.6) is 0 Å². The normalized spacial score (nSPS) is 15.3. The third-order valence-corrected chi connectivity index (χ3v) is 7.61. The maximum Gasteiger partial charge on any atom is 0.416 e. The topological polar surface area (TPSA) is 99.5 Å². The summed E-state index contributed by atoms with van der Waals surface area (Å²) in [6.45, 7) is 4.82. The molecule has 3 aromatic rings. The quantitative estimate of drug-likeness (QED) is 0.213. The summed E-state index contributed by atoms with van der Waals surface area (Å²) >= 11 is 1.21. The number of imidazole rings is 1. The first-order valence-corrected chi connectivity index (χ1v) is 14.6. The highest BCUT2D eigenvalue weighted by Gasteiger charge is 2.40. The van der Waals surface area contributed by atoms with Crippen LogP contribution in [0.4, 0.5) is 13.2 Å². The number of allylic oxidation sites excluding steroid dienone is 1. The second-order valence-electron chi connectivity index (χ2n) is 9.46. The summed E-state index contributed by atoms with van der Waals surface area (Å²) in [5.74, 6) is -2.79. The number of carbonyl (C=O) groups is 3. The zero-order chi connectivity index (χ0) is 31.1. The van der Waals surface area contributed by atoms with Crippen LogP contribution in [0, 0.1) is 0 Å². The number of nitrogens with one attached hydrogen (secondary N) is 1. The minimum atomic E-state index is -4.65. The number of aromatic nitrogens is 2. The average Bonchev–Trinajstić information content (AvgIpc) is 3.51. The van der Waals surface area contributed by atoms with Gasteiger partial charge in [-0.05, 0) is 44.5 Å². The summed E-state index contributed by atoms with van der Waals surface area (Å²) in [5.41, 5.74) is 0.924. The van der Waals surface area contributed by atoms with Crippen molar-refractivity contribution in [1.82, 2.24) is 14.9 Å². The number of ether oxygens (including phenoxy) is 2. The van der Waals surface area contributed by atoms with E-state index in [0.29, 0.717) is 22.6 Å². The fourth-order valence-corrected chi connectivity index (χ4v) is 5.70. The Kier molecular flexibility index (Phi) is 10.1. The van der Waals surface area contributed by atoms with Crippen molar-refractivity contribution in [3.05, 3.63) is 106 Å². The molecule has 0 fully saturated rings. The number of rotatable bonds is 11. The van der Waals surface area contributed by atoms with Crippen molar-refractivity contribution in [2.24, 2.45) is 0 Å². The number of hydrogen-bond acceptors (Lipinski definition) is 8. The Hall–Kier alpha value is -4.32. The van der Waals surface area contributed by atoms with Gasteiger partial charge >= 0.3 is 18.1 Å². The summed E-state index contributed by atoms with van der Waals surface area (Å²) in [4.78, 5) is 43.8. The zero-order valence-corrected chi connectivity index (χ0v) is 24.6. The molecule has 0 amide bonds. The SMILES string of the molecule is CCOC(=O)C1=C(C)NC(CSCC(=O)c2ccccc2-n2ccnc2)=C(C(=O)OCC)C1c1cccc(C(F)(F)F)c1. The van der Waals surface area contributed by atoms with Crippen LogP contribution in [0.2, 0.25) is 0 Å². The van der Waals surface area contributed by atoms with Gasteiger partial charge in [-0.25, -0.2) is 14.6 Å². The van der Waals surface area contributed by atoms with Crippen LogP contribution in [-0.2, 0) is 25.2 Å². The molecule has 1 aliphatic rings. The molecule has 0 saturated heterocycles. The molecule has 2 aromatic carbocycles. The number of benzene rings is 2. The van der Waals surface area contributed by atoms with Crippen molar-refractivity contribution in [3.63, 3.8) is 0 Å². The van der Waals surface area contributed by atoms with Gasteiger partial charge in [-0.2, -0.15) is 13.2 Å². The van der Waals surface area contributed by atoms with Crippen molar-refractivity contribution in [1.29, 1.82) is 0 Å². The van der Waals surface area contributed by atoms with Crippen molar-refractivity contribution in [2.75, 3.05) is 24.7 Å². The van der Waals surface area contributed by atoms with Gasteiger partial charge in [0.15, 0.2) is 5.78 Å². The lowest BCUT2D eigenvalue weighted by Gasteiger charge is -2.31. The highest BCUT2D eigenvalue weighted by molar-refractivity contribution is 8.00. The number of thioether (sulfide) groups is 1. The van der Waals surface area contributed by atoms with Crippen LogP contribution in [0.25, 0.3) is 5.69 Å². The number of esters is 2. The van der Waals surface area contributed by atoms with E-state index in [1.165, 1.54) is 23.9 Å². The predicted molar refractivity (Wildman–Crippen MR) is 156 cm³/mol. The third kappa shape index (κ3) is 7.19. The number of halogens is 3. The summed E-state index contributed by atoms with van der Waals surface area (Å²) in [6.07, 6.45) is 0.276. The molecule has 4 rings (SSSR count). The summed E-state index contributed by atoms with van der Waals surface area (Å²) in [5, 5.41) is 3.08. The van der Waals surface area contributed by atoms with Crippen molar-refractivity contribution in [3.8, 4) is 5.69 Å². The molecule has 43 heavy (non-hydrogen) atoms. The Morgan fingerprint density at radius 1 is 1.00 bits per heavy atom. The van der Waals surface area contributed by atoms with Crippen LogP contribution < -0.4 is 5.32 Å². The number of carbonyl (C=O) groups excluding carboxylic acids is 3. The van der Waals surface area contributed by atoms with Gasteiger partial charge in [-0.15, -0.1) is 11.8 Å². The molecule has 0 spiro atoms. The molecule has 1 N–H and O–H groups in total. The van der Waals surface area contributed by atoms with E-state index >= 15 is 0 Å². The van der Waals surface area contributed by atoms with Gasteiger partial charge < -0.3 is 19.4 Å². The van der Waals surface area contributed by atoms with Crippen LogP contribution in [0.1, 0.15) is 48.2 Å². The molecule has 0 radical (unpaired) electrons. The molecular weight excluding hydrogens is 583 g/mol. The van der Waals surface area contributed by atoms with Crippen molar-refractivity contribution < 1.29 is 37.0 Å². The van der Waals surface area contributed by atoms with Crippen LogP contribution in [-0.4, -0.2) is 52.0 Å². The maximum atomic E-state index is 13.7. The van der Waals surface area contributed by atoms with Crippen LogP contribution >= 0.6 is 11.8 Å². The molecule has 226 valence electrons. The lowest BCUT2D eigenvalue weighted by atomic mass is 9.80. The number of hydrogen-bond donors (Lipinski definition) is 1. The smallest absolute Gasteiger partial charge is 0.416 e. The molecule has 1 unspecified atom stereocenters. The minimum Gasteiger partial charge on any atom is -0.463 e. The van der Waals surface area contributed by atoms with E-state index in [1.807, 2.05) is 6.07 Å². The number of ketones is 1. The Balaban J connectivity index is 1.71. The zero-order valence-electron chi connectivity index (χ0n) is 23.7. The molecule has 1 atom stereocenters. The molecule has 1 aliphatic heterocycles. The molecular formula is C31H30F3N3O5S. The summed E-state index contributed by atoms with van der Waals surface area (Å²) in [7, 11) is 0. The highest BCUT2D eigenvalue weighted by Crippen LogP contribution is 2.42. The number of Topliss-reactive ketones (excluding diaryl/α,β-unsaturated/α-hetero) is 1. The van der Waals surface area contributed by atoms with Gasteiger partial charge in [0.2, 0.25) is 0 Å². The molecule has 0 bridgehead atoms. The number of alkyl halides is 3. The fraction of sp³-hybridized carbons (Fsp3) is 0.290. The minimum absolute atomic E-state index is 0.000969. The largest absolute Gasteiger partial charge is 0.463 e. The number of para-hydroxylation sites is 1. The van der Waals surface area contributed by atoms with Gasteiger partial charge in [0.1, 0.15) is 0 Å². The first-order valence-electron chi connectivity index (χ1n) is 13.5. The van der Waals surface area contributed by atoms with Gasteiger partial charge in [0.25, 0.3) is 0 Å². The highest BCUT2D eigenvalue weighted by atomic mass is 32.2. The Labute approximate surface area is 251 Å². The second kappa shape index (κ2) is 13.8. The van der Waals surface area contributed by atoms with Gasteiger partial charge in [-0.3, -0.25) is 4.79 Å². The number of dihydropyridines is 1. The van der Waals surface area contributed by atoms with E-state index in [1.54, 1.807) is 62.3 Å². The first-order chi connectivity index (χ1) is 20.6. The summed E-state index contributed by atoms with van der Waals surface area (Å²) < 4.78 is 53.3. The van der Waals surface area contributed by atoms with Gasteiger partial charge in [-0.1, -0.05) is 30.3 Å². The summed E-state index contributed by atoms with van der Waals surface area (Å²) in [6, 6.07) is 11.6. The van der Waals surface area contributed by atoms with Gasteiger partial charge in [0, 0.05) is 35.1 Å². The molecule has 2 heterocycles. The van der Waals surface area contributed by atoms with E-state index in [0.717, 1.165) is 12.1 Å².